The van der Waals surface area contributed by atoms with E-state index >= 15 is 0 Å². The molecule has 22 heavy (non-hydrogen) atoms. The van der Waals surface area contributed by atoms with Crippen LogP contribution in [-0.4, -0.2) is 28.5 Å². The minimum absolute atomic E-state index is 0.237. The number of nitrogens with one attached hydrogen (secondary N) is 1. The number of allylic oxidation sites excluding steroid dienone is 4. The molecule has 0 fully saturated rings. The first-order valence-corrected chi connectivity index (χ1v) is 7.90. The highest BCUT2D eigenvalue weighted by molar-refractivity contribution is 7.93. The minimum atomic E-state index is -3.68. The van der Waals surface area contributed by atoms with E-state index < -0.39 is 15.9 Å². The third kappa shape index (κ3) is 2.68. The lowest BCUT2D eigenvalue weighted by atomic mass is 10.3. The second-order valence-corrected chi connectivity index (χ2v) is 6.39. The van der Waals surface area contributed by atoms with Crippen LogP contribution >= 0.6 is 0 Å². The fourth-order valence-electron chi connectivity index (χ4n) is 1.93. The Morgan fingerprint density at radius 3 is 2.86 bits per heavy atom. The summed E-state index contributed by atoms with van der Waals surface area (Å²) < 4.78 is 25.4. The summed E-state index contributed by atoms with van der Waals surface area (Å²) in [6, 6.07) is 4.95. The molecule has 0 radical (unpaired) electrons. The predicted octanol–water partition coefficient (Wildman–Crippen LogP) is 1.55. The lowest BCUT2D eigenvalue weighted by molar-refractivity contribution is 0.102. The maximum absolute atomic E-state index is 12.3. The largest absolute Gasteiger partial charge is 0.318 e. The Labute approximate surface area is 127 Å². The highest BCUT2D eigenvalue weighted by Crippen LogP contribution is 2.20. The molecule has 8 heteroatoms. The van der Waals surface area contributed by atoms with Crippen molar-refractivity contribution in [2.75, 3.05) is 5.32 Å². The van der Waals surface area contributed by atoms with Crippen molar-refractivity contribution in [2.45, 2.75) is 6.42 Å². The Morgan fingerprint density at radius 1 is 1.32 bits per heavy atom. The first kappa shape index (κ1) is 14.2. The van der Waals surface area contributed by atoms with Gasteiger partial charge in [-0.3, -0.25) is 9.78 Å². The summed E-state index contributed by atoms with van der Waals surface area (Å²) in [5, 5.41) is 6.36. The Balaban J connectivity index is 1.79. The third-order valence-electron chi connectivity index (χ3n) is 3.03. The lowest BCUT2D eigenvalue weighted by Gasteiger charge is -2.04. The number of rotatable bonds is 4. The van der Waals surface area contributed by atoms with Gasteiger partial charge in [-0.1, -0.05) is 18.2 Å². The maximum Gasteiger partial charge on any atom is 0.279 e. The molecule has 0 spiro atoms. The van der Waals surface area contributed by atoms with Crippen molar-refractivity contribution in [1.29, 1.82) is 0 Å². The van der Waals surface area contributed by atoms with E-state index in [0.29, 0.717) is 6.42 Å². The van der Waals surface area contributed by atoms with E-state index in [9.17, 15) is 13.2 Å². The standard InChI is InChI=1S/C14H12N4O3S/c19-14(13-7-3-4-8-15-13)17-11-9-16-18(10-11)22(20,21)12-5-1-2-6-12/h1-5,7-10H,6H2,(H,17,19). The van der Waals surface area contributed by atoms with Gasteiger partial charge in [0.25, 0.3) is 15.9 Å². The van der Waals surface area contributed by atoms with Gasteiger partial charge < -0.3 is 5.32 Å². The van der Waals surface area contributed by atoms with Gasteiger partial charge in [-0.15, -0.1) is 0 Å². The molecule has 2 aromatic rings. The van der Waals surface area contributed by atoms with Crippen LogP contribution in [0.4, 0.5) is 5.69 Å². The number of aromatic nitrogens is 3. The number of carbonyl (C=O) groups excluding carboxylic acids is 1. The molecule has 1 aliphatic rings. The Kier molecular flexibility index (Phi) is 3.60. The number of hydrogen-bond donors (Lipinski definition) is 1. The highest BCUT2D eigenvalue weighted by Gasteiger charge is 2.22. The first-order valence-electron chi connectivity index (χ1n) is 6.46. The van der Waals surface area contributed by atoms with E-state index in [1.54, 1.807) is 30.4 Å². The third-order valence-corrected chi connectivity index (χ3v) is 4.69. The summed E-state index contributed by atoms with van der Waals surface area (Å²) in [5.74, 6) is -0.431. The van der Waals surface area contributed by atoms with Crippen LogP contribution in [0.3, 0.4) is 0 Å². The van der Waals surface area contributed by atoms with Crippen molar-refractivity contribution in [3.8, 4) is 0 Å². The van der Waals surface area contributed by atoms with Gasteiger partial charge in [0.2, 0.25) is 0 Å². The van der Waals surface area contributed by atoms with Crippen LogP contribution in [0.1, 0.15) is 16.9 Å². The molecule has 1 N–H and O–H groups in total. The van der Waals surface area contributed by atoms with Crippen molar-refractivity contribution in [3.05, 3.63) is 65.6 Å². The summed E-state index contributed by atoms with van der Waals surface area (Å²) in [7, 11) is -3.68. The Bertz CT molecular complexity index is 867. The molecule has 1 amide bonds. The molecule has 2 heterocycles. The van der Waals surface area contributed by atoms with Crippen molar-refractivity contribution in [3.63, 3.8) is 0 Å². The number of anilines is 1. The smallest absolute Gasteiger partial charge is 0.279 e. The Morgan fingerprint density at radius 2 is 2.18 bits per heavy atom. The Hall–Kier alpha value is -2.74. The van der Waals surface area contributed by atoms with Gasteiger partial charge in [0.15, 0.2) is 0 Å². The normalized spacial score (nSPS) is 13.9. The number of nitrogens with zero attached hydrogens (tertiary/aromatic N) is 3. The number of pyridine rings is 1. The molecule has 0 atom stereocenters. The topological polar surface area (TPSA) is 94.0 Å². The van der Waals surface area contributed by atoms with E-state index in [2.05, 4.69) is 15.4 Å². The van der Waals surface area contributed by atoms with Crippen LogP contribution < -0.4 is 5.32 Å². The average molecular weight is 316 g/mol. The summed E-state index contributed by atoms with van der Waals surface area (Å²) in [5.41, 5.74) is 0.520. The second-order valence-electron chi connectivity index (χ2n) is 4.54. The van der Waals surface area contributed by atoms with Gasteiger partial charge in [-0.25, -0.2) is 0 Å². The van der Waals surface area contributed by atoms with Crippen LogP contribution in [-0.2, 0) is 10.0 Å². The van der Waals surface area contributed by atoms with Crippen molar-refractivity contribution in [2.24, 2.45) is 0 Å². The lowest BCUT2D eigenvalue weighted by Crippen LogP contribution is -2.15. The number of hydrogen-bond acceptors (Lipinski definition) is 5. The predicted molar refractivity (Wildman–Crippen MR) is 80.6 cm³/mol. The van der Waals surface area contributed by atoms with Gasteiger partial charge in [0, 0.05) is 12.6 Å². The highest BCUT2D eigenvalue weighted by atomic mass is 32.2. The fourth-order valence-corrected chi connectivity index (χ4v) is 3.15. The molecule has 0 unspecified atom stereocenters. The van der Waals surface area contributed by atoms with Crippen LogP contribution in [0, 0.1) is 0 Å². The van der Waals surface area contributed by atoms with E-state index in [0.717, 1.165) is 4.09 Å². The van der Waals surface area contributed by atoms with Gasteiger partial charge in [-0.05, 0) is 18.2 Å². The summed E-state index contributed by atoms with van der Waals surface area (Å²) in [6.45, 7) is 0. The zero-order chi connectivity index (χ0) is 15.6. The fraction of sp³-hybridized carbons (Fsp3) is 0.0714. The van der Waals surface area contributed by atoms with E-state index in [4.69, 9.17) is 0 Å². The maximum atomic E-state index is 12.3. The summed E-state index contributed by atoms with van der Waals surface area (Å²) >= 11 is 0. The molecule has 112 valence electrons. The molecule has 3 rings (SSSR count). The van der Waals surface area contributed by atoms with Crippen molar-refractivity contribution >= 4 is 21.6 Å². The summed E-state index contributed by atoms with van der Waals surface area (Å²) in [4.78, 5) is 16.1. The van der Waals surface area contributed by atoms with Crippen LogP contribution in [0.2, 0.25) is 0 Å². The monoisotopic (exact) mass is 316 g/mol. The van der Waals surface area contributed by atoms with E-state index in [-0.39, 0.29) is 16.3 Å². The van der Waals surface area contributed by atoms with E-state index in [1.807, 2.05) is 0 Å². The molecular weight excluding hydrogens is 304 g/mol. The number of carbonyl (C=O) groups is 1. The van der Waals surface area contributed by atoms with Crippen LogP contribution in [0.25, 0.3) is 0 Å². The average Bonchev–Trinajstić information content (AvgIpc) is 3.20. The zero-order valence-electron chi connectivity index (χ0n) is 11.4. The molecule has 0 aromatic carbocycles. The quantitative estimate of drug-likeness (QED) is 0.923. The summed E-state index contributed by atoms with van der Waals surface area (Å²) in [6.07, 6.45) is 9.35. The van der Waals surface area contributed by atoms with Crippen LogP contribution in [0.15, 0.2) is 59.9 Å². The van der Waals surface area contributed by atoms with E-state index in [1.165, 1.54) is 24.7 Å². The minimum Gasteiger partial charge on any atom is -0.318 e. The van der Waals surface area contributed by atoms with Crippen molar-refractivity contribution < 1.29 is 13.2 Å². The van der Waals surface area contributed by atoms with Gasteiger partial charge in [0.1, 0.15) is 5.69 Å². The molecule has 1 aliphatic carbocycles. The first-order chi connectivity index (χ1) is 10.6. The molecule has 0 saturated heterocycles. The molecule has 0 aliphatic heterocycles. The second kappa shape index (κ2) is 5.57. The van der Waals surface area contributed by atoms with Gasteiger partial charge in [-0.2, -0.15) is 17.6 Å². The van der Waals surface area contributed by atoms with Gasteiger partial charge in [0.05, 0.1) is 23.0 Å². The van der Waals surface area contributed by atoms with Gasteiger partial charge >= 0.3 is 0 Å². The molecular formula is C14H12N4O3S. The van der Waals surface area contributed by atoms with Crippen molar-refractivity contribution in [1.82, 2.24) is 14.2 Å². The molecule has 2 aromatic heterocycles. The SMILES string of the molecule is O=C(Nc1cnn(S(=O)(=O)C2=CC=CC2)c1)c1ccccn1. The molecule has 7 nitrogen and oxygen atoms in total. The molecule has 0 saturated carbocycles. The zero-order valence-corrected chi connectivity index (χ0v) is 12.2. The molecule has 0 bridgehead atoms. The number of amides is 1. The van der Waals surface area contributed by atoms with Crippen LogP contribution in [0.5, 0.6) is 0 Å².